The van der Waals surface area contributed by atoms with Gasteiger partial charge in [0.05, 0.1) is 7.11 Å². The topological polar surface area (TPSA) is 61.6 Å². The Morgan fingerprint density at radius 3 is 2.47 bits per heavy atom. The van der Waals surface area contributed by atoms with E-state index in [1.165, 1.54) is 32.2 Å². The average Bonchev–Trinajstić information content (AvgIpc) is 2.27. The number of hydrogen-bond donors (Lipinski definition) is 1. The van der Waals surface area contributed by atoms with E-state index in [0.29, 0.717) is 5.56 Å². The third kappa shape index (κ3) is 5.40. The lowest BCUT2D eigenvalue weighted by atomic mass is 10.0. The first-order valence-corrected chi connectivity index (χ1v) is 5.34. The van der Waals surface area contributed by atoms with Crippen molar-refractivity contribution in [1.29, 1.82) is 0 Å². The van der Waals surface area contributed by atoms with Crippen LogP contribution < -0.4 is 15.2 Å². The molecule has 0 aromatic heterocycles. The summed E-state index contributed by atoms with van der Waals surface area (Å²) in [6, 6.07) is 3.71. The number of ether oxygens (including phenoxy) is 2. The van der Waals surface area contributed by atoms with E-state index in [4.69, 9.17) is 15.2 Å². The van der Waals surface area contributed by atoms with Crippen LogP contribution in [0.4, 0.5) is 8.78 Å². The Labute approximate surface area is 116 Å². The van der Waals surface area contributed by atoms with E-state index >= 15 is 0 Å². The molecule has 0 unspecified atom stereocenters. The Kier molecular flexibility index (Phi) is 7.33. The van der Waals surface area contributed by atoms with Crippen molar-refractivity contribution >= 4 is 18.4 Å². The number of esters is 1. The third-order valence-electron chi connectivity index (χ3n) is 2.30. The highest BCUT2D eigenvalue weighted by Gasteiger charge is 2.15. The molecule has 0 amide bonds. The number of carbonyl (C=O) groups is 1. The molecule has 1 atom stereocenters. The zero-order valence-corrected chi connectivity index (χ0v) is 11.4. The number of methoxy groups -OCH3 is 1. The molecule has 108 valence electrons. The molecule has 1 aromatic carbocycles. The van der Waals surface area contributed by atoms with Crippen molar-refractivity contribution in [3.05, 3.63) is 23.8 Å². The van der Waals surface area contributed by atoms with E-state index in [0.717, 1.165) is 0 Å². The zero-order chi connectivity index (χ0) is 13.7. The molecule has 0 aliphatic carbocycles. The lowest BCUT2D eigenvalue weighted by molar-refractivity contribution is -0.132. The summed E-state index contributed by atoms with van der Waals surface area (Å²) in [4.78, 5) is 10.8. The maximum absolute atomic E-state index is 12.2. The summed E-state index contributed by atoms with van der Waals surface area (Å²) in [5.41, 5.74) is 6.13. The van der Waals surface area contributed by atoms with Gasteiger partial charge in [-0.05, 0) is 17.7 Å². The molecule has 7 heteroatoms. The van der Waals surface area contributed by atoms with Crippen LogP contribution in [-0.2, 0) is 4.79 Å². The van der Waals surface area contributed by atoms with Crippen molar-refractivity contribution in [3.63, 3.8) is 0 Å². The third-order valence-corrected chi connectivity index (χ3v) is 2.30. The summed E-state index contributed by atoms with van der Waals surface area (Å²) >= 11 is 0. The minimum Gasteiger partial charge on any atom is -0.493 e. The van der Waals surface area contributed by atoms with Gasteiger partial charge in [0.15, 0.2) is 11.5 Å². The summed E-state index contributed by atoms with van der Waals surface area (Å²) in [6.07, 6.45) is -2.91. The fraction of sp³-hybridized carbons (Fsp3) is 0.417. The summed E-state index contributed by atoms with van der Waals surface area (Å²) in [7, 11) is 1.39. The van der Waals surface area contributed by atoms with Gasteiger partial charge in [-0.1, -0.05) is 6.07 Å². The van der Waals surface area contributed by atoms with Crippen LogP contribution in [0.15, 0.2) is 18.2 Å². The molecule has 0 spiro atoms. The van der Waals surface area contributed by atoms with Gasteiger partial charge in [0.2, 0.25) is 6.43 Å². The SMILES string of the molecule is COc1cc([C@H](N)CC(F)F)ccc1OC(C)=O.Cl. The van der Waals surface area contributed by atoms with Crippen molar-refractivity contribution in [2.75, 3.05) is 7.11 Å². The Morgan fingerprint density at radius 1 is 1.37 bits per heavy atom. The maximum atomic E-state index is 12.2. The molecule has 0 heterocycles. The lowest BCUT2D eigenvalue weighted by Crippen LogP contribution is -2.14. The summed E-state index contributed by atoms with van der Waals surface area (Å²) in [6.45, 7) is 1.26. The van der Waals surface area contributed by atoms with E-state index in [9.17, 15) is 13.6 Å². The van der Waals surface area contributed by atoms with Crippen LogP contribution in [0.3, 0.4) is 0 Å². The minimum atomic E-state index is -2.47. The zero-order valence-electron chi connectivity index (χ0n) is 10.6. The molecule has 0 saturated carbocycles. The normalized spacial score (nSPS) is 11.7. The highest BCUT2D eigenvalue weighted by atomic mass is 35.5. The Balaban J connectivity index is 0.00000324. The second kappa shape index (κ2) is 7.91. The molecule has 4 nitrogen and oxygen atoms in total. The summed E-state index contributed by atoms with van der Waals surface area (Å²) in [5.74, 6) is 0.0309. The van der Waals surface area contributed by atoms with Crippen LogP contribution in [0.1, 0.15) is 24.9 Å². The van der Waals surface area contributed by atoms with Crippen molar-refractivity contribution < 1.29 is 23.0 Å². The molecular weight excluding hydrogens is 280 g/mol. The largest absolute Gasteiger partial charge is 0.493 e. The van der Waals surface area contributed by atoms with Crippen LogP contribution in [0, 0.1) is 0 Å². The van der Waals surface area contributed by atoms with Crippen LogP contribution >= 0.6 is 12.4 Å². The van der Waals surface area contributed by atoms with Gasteiger partial charge >= 0.3 is 5.97 Å². The van der Waals surface area contributed by atoms with Gasteiger partial charge in [-0.3, -0.25) is 4.79 Å². The quantitative estimate of drug-likeness (QED) is 0.670. The molecule has 2 N–H and O–H groups in total. The molecule has 0 radical (unpaired) electrons. The number of rotatable bonds is 5. The van der Waals surface area contributed by atoms with Gasteiger partial charge in [0.1, 0.15) is 0 Å². The van der Waals surface area contributed by atoms with E-state index in [1.54, 1.807) is 0 Å². The minimum absolute atomic E-state index is 0. The fourth-order valence-corrected chi connectivity index (χ4v) is 1.48. The van der Waals surface area contributed by atoms with Crippen molar-refractivity contribution in [2.24, 2.45) is 5.73 Å². The highest BCUT2D eigenvalue weighted by Crippen LogP contribution is 2.31. The number of benzene rings is 1. The smallest absolute Gasteiger partial charge is 0.308 e. The van der Waals surface area contributed by atoms with Gasteiger partial charge in [-0.15, -0.1) is 12.4 Å². The second-order valence-electron chi connectivity index (χ2n) is 3.74. The molecule has 1 rings (SSSR count). The molecule has 1 aromatic rings. The predicted octanol–water partition coefficient (Wildman–Crippen LogP) is 2.70. The lowest BCUT2D eigenvalue weighted by Gasteiger charge is -2.14. The summed E-state index contributed by atoms with van der Waals surface area (Å²) < 4.78 is 34.4. The van der Waals surface area contributed by atoms with E-state index in [2.05, 4.69) is 0 Å². The van der Waals surface area contributed by atoms with Gasteiger partial charge in [0, 0.05) is 19.4 Å². The Hall–Kier alpha value is -1.40. The molecular formula is C12H16ClF2NO3. The van der Waals surface area contributed by atoms with Crippen LogP contribution in [-0.4, -0.2) is 19.5 Å². The predicted molar refractivity (Wildman–Crippen MR) is 69.1 cm³/mol. The molecule has 0 bridgehead atoms. The molecule has 0 aliphatic rings. The van der Waals surface area contributed by atoms with Gasteiger partial charge in [0.25, 0.3) is 0 Å². The number of halogens is 3. The average molecular weight is 296 g/mol. The Bertz CT molecular complexity index is 429. The molecule has 0 saturated heterocycles. The number of hydrogen-bond acceptors (Lipinski definition) is 4. The second-order valence-corrected chi connectivity index (χ2v) is 3.74. The van der Waals surface area contributed by atoms with Crippen LogP contribution in [0.5, 0.6) is 11.5 Å². The van der Waals surface area contributed by atoms with E-state index in [1.807, 2.05) is 0 Å². The molecule has 0 fully saturated rings. The number of alkyl halides is 2. The van der Waals surface area contributed by atoms with Crippen molar-refractivity contribution in [3.8, 4) is 11.5 Å². The van der Waals surface area contributed by atoms with Crippen LogP contribution in [0.2, 0.25) is 0 Å². The first kappa shape index (κ1) is 17.6. The number of carbonyl (C=O) groups excluding carboxylic acids is 1. The maximum Gasteiger partial charge on any atom is 0.308 e. The first-order chi connectivity index (χ1) is 8.43. The van der Waals surface area contributed by atoms with Gasteiger partial charge < -0.3 is 15.2 Å². The van der Waals surface area contributed by atoms with Crippen molar-refractivity contribution in [1.82, 2.24) is 0 Å². The first-order valence-electron chi connectivity index (χ1n) is 5.34. The van der Waals surface area contributed by atoms with Crippen LogP contribution in [0.25, 0.3) is 0 Å². The Morgan fingerprint density at radius 2 is 2.00 bits per heavy atom. The highest BCUT2D eigenvalue weighted by molar-refractivity contribution is 5.85. The van der Waals surface area contributed by atoms with Gasteiger partial charge in [-0.2, -0.15) is 0 Å². The van der Waals surface area contributed by atoms with Crippen molar-refractivity contribution in [2.45, 2.75) is 25.8 Å². The standard InChI is InChI=1S/C12H15F2NO3.ClH/c1-7(16)18-10-4-3-8(5-11(10)17-2)9(15)6-12(13)14;/h3-5,9,12H,6,15H2,1-2H3;1H/t9-;/m1./s1. The molecule has 0 aliphatic heterocycles. The fourth-order valence-electron chi connectivity index (χ4n) is 1.48. The molecule has 19 heavy (non-hydrogen) atoms. The van der Waals surface area contributed by atoms with E-state index in [-0.39, 0.29) is 23.9 Å². The monoisotopic (exact) mass is 295 g/mol. The van der Waals surface area contributed by atoms with Gasteiger partial charge in [-0.25, -0.2) is 8.78 Å². The summed E-state index contributed by atoms with van der Waals surface area (Å²) in [5, 5.41) is 0. The number of nitrogens with two attached hydrogens (primary N) is 1. The van der Waals surface area contributed by atoms with E-state index < -0.39 is 24.9 Å².